The molecule has 1 fully saturated rings. The summed E-state index contributed by atoms with van der Waals surface area (Å²) in [6.45, 7) is 1.01. The number of benzene rings is 1. The SMILES string of the molecule is CN(C(=O)N[C@@H]1CCN(C(=O)c2ccccn2)C1)c1ccc(F)cc1. The minimum absolute atomic E-state index is 0.122. The van der Waals surface area contributed by atoms with Gasteiger partial charge < -0.3 is 10.2 Å². The summed E-state index contributed by atoms with van der Waals surface area (Å²) < 4.78 is 13.0. The normalized spacial score (nSPS) is 16.6. The molecule has 0 unspecified atom stereocenters. The molecule has 3 amide bonds. The van der Waals surface area contributed by atoms with E-state index in [4.69, 9.17) is 0 Å². The topological polar surface area (TPSA) is 65.5 Å². The molecule has 0 saturated carbocycles. The van der Waals surface area contributed by atoms with Gasteiger partial charge in [0.2, 0.25) is 0 Å². The van der Waals surface area contributed by atoms with Gasteiger partial charge in [0.15, 0.2) is 0 Å². The lowest BCUT2D eigenvalue weighted by atomic mass is 10.2. The van der Waals surface area contributed by atoms with Crippen molar-refractivity contribution in [3.8, 4) is 0 Å². The zero-order valence-electron chi connectivity index (χ0n) is 13.9. The number of nitrogens with one attached hydrogen (secondary N) is 1. The van der Waals surface area contributed by atoms with Crippen molar-refractivity contribution in [3.63, 3.8) is 0 Å². The smallest absolute Gasteiger partial charge is 0.321 e. The predicted molar refractivity (Wildman–Crippen MR) is 91.9 cm³/mol. The van der Waals surface area contributed by atoms with Crippen molar-refractivity contribution in [1.82, 2.24) is 15.2 Å². The molecule has 0 radical (unpaired) electrons. The van der Waals surface area contributed by atoms with E-state index in [9.17, 15) is 14.0 Å². The Morgan fingerprint density at radius 1 is 1.24 bits per heavy atom. The number of halogens is 1. The van der Waals surface area contributed by atoms with Gasteiger partial charge in [-0.15, -0.1) is 0 Å². The average Bonchev–Trinajstić information content (AvgIpc) is 3.10. The van der Waals surface area contributed by atoms with E-state index in [0.29, 0.717) is 30.9 Å². The molecule has 1 aromatic carbocycles. The molecule has 25 heavy (non-hydrogen) atoms. The number of amides is 3. The van der Waals surface area contributed by atoms with E-state index in [1.54, 1.807) is 48.5 Å². The molecule has 1 aliphatic rings. The second-order valence-corrected chi connectivity index (χ2v) is 5.94. The third-order valence-electron chi connectivity index (χ3n) is 4.21. The molecule has 6 nitrogen and oxygen atoms in total. The minimum atomic E-state index is -0.350. The Bertz CT molecular complexity index is 751. The monoisotopic (exact) mass is 342 g/mol. The van der Waals surface area contributed by atoms with Crippen LogP contribution in [0.15, 0.2) is 48.7 Å². The molecule has 0 aliphatic carbocycles. The number of anilines is 1. The van der Waals surface area contributed by atoms with Gasteiger partial charge in [-0.2, -0.15) is 0 Å². The number of hydrogen-bond donors (Lipinski definition) is 1. The van der Waals surface area contributed by atoms with E-state index >= 15 is 0 Å². The van der Waals surface area contributed by atoms with Gasteiger partial charge in [-0.05, 0) is 42.8 Å². The summed E-state index contributed by atoms with van der Waals surface area (Å²) in [5, 5.41) is 2.91. The number of pyridine rings is 1. The van der Waals surface area contributed by atoms with Crippen molar-refractivity contribution in [2.75, 3.05) is 25.0 Å². The van der Waals surface area contributed by atoms with Crippen molar-refractivity contribution in [2.24, 2.45) is 0 Å². The number of hydrogen-bond acceptors (Lipinski definition) is 3. The van der Waals surface area contributed by atoms with E-state index < -0.39 is 0 Å². The quantitative estimate of drug-likeness (QED) is 0.931. The number of nitrogens with zero attached hydrogens (tertiary/aromatic N) is 3. The molecule has 1 aromatic heterocycles. The third kappa shape index (κ3) is 3.93. The van der Waals surface area contributed by atoms with Crippen molar-refractivity contribution < 1.29 is 14.0 Å². The summed E-state index contributed by atoms with van der Waals surface area (Å²) in [7, 11) is 1.62. The van der Waals surface area contributed by atoms with Gasteiger partial charge in [0.05, 0.1) is 0 Å². The van der Waals surface area contributed by atoms with Crippen LogP contribution in [0.5, 0.6) is 0 Å². The first-order chi connectivity index (χ1) is 12.0. The standard InChI is InChI=1S/C18H19FN4O2/c1-22(15-7-5-13(19)6-8-15)18(25)21-14-9-11-23(12-14)17(24)16-4-2-3-10-20-16/h2-8,10,14H,9,11-12H2,1H3,(H,21,25)/t14-/m1/s1. The molecule has 2 aromatic rings. The predicted octanol–water partition coefficient (Wildman–Crippen LogP) is 2.28. The summed E-state index contributed by atoms with van der Waals surface area (Å²) in [6.07, 6.45) is 2.27. The van der Waals surface area contributed by atoms with E-state index in [2.05, 4.69) is 10.3 Å². The molecule has 0 bridgehead atoms. The van der Waals surface area contributed by atoms with Crippen molar-refractivity contribution in [2.45, 2.75) is 12.5 Å². The maximum atomic E-state index is 13.0. The maximum Gasteiger partial charge on any atom is 0.321 e. The van der Waals surface area contributed by atoms with Crippen LogP contribution in [0.4, 0.5) is 14.9 Å². The number of carbonyl (C=O) groups excluding carboxylic acids is 2. The summed E-state index contributed by atoms with van der Waals surface area (Å²) >= 11 is 0. The molecule has 3 rings (SSSR count). The highest BCUT2D eigenvalue weighted by Gasteiger charge is 2.29. The van der Waals surface area contributed by atoms with Crippen LogP contribution in [0.2, 0.25) is 0 Å². The van der Waals surface area contributed by atoms with Crippen LogP contribution in [-0.2, 0) is 0 Å². The van der Waals surface area contributed by atoms with Crippen LogP contribution >= 0.6 is 0 Å². The van der Waals surface area contributed by atoms with Gasteiger partial charge in [0.25, 0.3) is 5.91 Å². The number of carbonyl (C=O) groups is 2. The van der Waals surface area contributed by atoms with Crippen molar-refractivity contribution in [1.29, 1.82) is 0 Å². The van der Waals surface area contributed by atoms with E-state index in [1.165, 1.54) is 17.0 Å². The van der Waals surface area contributed by atoms with Gasteiger partial charge in [-0.3, -0.25) is 14.7 Å². The summed E-state index contributed by atoms with van der Waals surface area (Å²) in [6, 6.07) is 10.5. The van der Waals surface area contributed by atoms with Gasteiger partial charge in [-0.1, -0.05) is 6.07 Å². The zero-order valence-corrected chi connectivity index (χ0v) is 13.9. The van der Waals surface area contributed by atoms with Crippen molar-refractivity contribution in [3.05, 3.63) is 60.2 Å². The molecule has 1 N–H and O–H groups in total. The van der Waals surface area contributed by atoms with Gasteiger partial charge >= 0.3 is 6.03 Å². The molecule has 2 heterocycles. The van der Waals surface area contributed by atoms with Crippen LogP contribution in [0.1, 0.15) is 16.9 Å². The summed E-state index contributed by atoms with van der Waals surface area (Å²) in [5.41, 5.74) is 0.997. The van der Waals surface area contributed by atoms with Crippen LogP contribution < -0.4 is 10.2 Å². The minimum Gasteiger partial charge on any atom is -0.335 e. The second kappa shape index (κ2) is 7.29. The first-order valence-electron chi connectivity index (χ1n) is 8.04. The molecular weight excluding hydrogens is 323 g/mol. The van der Waals surface area contributed by atoms with E-state index in [1.807, 2.05) is 0 Å². The second-order valence-electron chi connectivity index (χ2n) is 5.94. The molecule has 1 aliphatic heterocycles. The Kier molecular flexibility index (Phi) is 4.92. The highest BCUT2D eigenvalue weighted by atomic mass is 19.1. The zero-order chi connectivity index (χ0) is 17.8. The number of urea groups is 1. The Morgan fingerprint density at radius 3 is 2.68 bits per heavy atom. The highest BCUT2D eigenvalue weighted by molar-refractivity contribution is 5.93. The first kappa shape index (κ1) is 16.9. The van der Waals surface area contributed by atoms with Gasteiger partial charge in [0.1, 0.15) is 11.5 Å². The molecular formula is C18H19FN4O2. The first-order valence-corrected chi connectivity index (χ1v) is 8.04. The van der Waals surface area contributed by atoms with Gasteiger partial charge in [-0.25, -0.2) is 9.18 Å². The molecule has 1 atom stereocenters. The largest absolute Gasteiger partial charge is 0.335 e. The number of likely N-dealkylation sites (tertiary alicyclic amines) is 1. The Labute approximate surface area is 145 Å². The van der Waals surface area contributed by atoms with Crippen LogP contribution in [0.25, 0.3) is 0 Å². The van der Waals surface area contributed by atoms with Crippen LogP contribution in [0.3, 0.4) is 0 Å². The Morgan fingerprint density at radius 2 is 2.00 bits per heavy atom. The van der Waals surface area contributed by atoms with Crippen LogP contribution in [-0.4, -0.2) is 48.0 Å². The lowest BCUT2D eigenvalue weighted by Gasteiger charge is -2.21. The van der Waals surface area contributed by atoms with E-state index in [-0.39, 0.29) is 23.8 Å². The lowest BCUT2D eigenvalue weighted by Crippen LogP contribution is -2.44. The molecule has 7 heteroatoms. The molecule has 1 saturated heterocycles. The van der Waals surface area contributed by atoms with Gasteiger partial charge in [0, 0.05) is 38.1 Å². The highest BCUT2D eigenvalue weighted by Crippen LogP contribution is 2.16. The molecule has 0 spiro atoms. The number of rotatable bonds is 3. The maximum absolute atomic E-state index is 13.0. The molecule has 130 valence electrons. The lowest BCUT2D eigenvalue weighted by molar-refractivity contribution is 0.0783. The summed E-state index contributed by atoms with van der Waals surface area (Å²) in [4.78, 5) is 31.9. The van der Waals surface area contributed by atoms with Crippen LogP contribution in [0, 0.1) is 5.82 Å². The fourth-order valence-corrected chi connectivity index (χ4v) is 2.77. The fraction of sp³-hybridized carbons (Fsp3) is 0.278. The third-order valence-corrected chi connectivity index (χ3v) is 4.21. The Balaban J connectivity index is 1.56. The fourth-order valence-electron chi connectivity index (χ4n) is 2.77. The number of aromatic nitrogens is 1. The van der Waals surface area contributed by atoms with E-state index in [0.717, 1.165) is 0 Å². The summed E-state index contributed by atoms with van der Waals surface area (Å²) in [5.74, 6) is -0.485. The van der Waals surface area contributed by atoms with Crippen molar-refractivity contribution >= 4 is 17.6 Å². The Hall–Kier alpha value is -2.96. The average molecular weight is 342 g/mol.